The second-order valence-electron chi connectivity index (χ2n) is 4.66. The first-order chi connectivity index (χ1) is 9.08. The molecule has 0 radical (unpaired) electrons. The van der Waals surface area contributed by atoms with Gasteiger partial charge in [0.05, 0.1) is 12.2 Å². The minimum atomic E-state index is -0.130. The topological polar surface area (TPSA) is 83.9 Å². The van der Waals surface area contributed by atoms with Gasteiger partial charge in [0.15, 0.2) is 10.8 Å². The number of aromatic nitrogens is 4. The molecule has 0 aromatic carbocycles. The Kier molecular flexibility index (Phi) is 2.81. The van der Waals surface area contributed by atoms with E-state index in [1.807, 2.05) is 0 Å². The third kappa shape index (κ3) is 1.92. The van der Waals surface area contributed by atoms with Crippen LogP contribution in [0.3, 0.4) is 0 Å². The number of nitrogens with zero attached hydrogens (tertiary/aromatic N) is 4. The third-order valence-corrected chi connectivity index (χ3v) is 4.26. The zero-order chi connectivity index (χ0) is 13.6. The average Bonchev–Trinajstić information content (AvgIpc) is 2.97. The van der Waals surface area contributed by atoms with Crippen LogP contribution in [0.5, 0.6) is 0 Å². The largest absolute Gasteiger partial charge is 0.349 e. The lowest BCUT2D eigenvalue weighted by Crippen LogP contribution is -2.30. The van der Waals surface area contributed by atoms with Crippen LogP contribution in [0.25, 0.3) is 11.0 Å². The van der Waals surface area contributed by atoms with Crippen molar-refractivity contribution in [1.82, 2.24) is 24.6 Å². The highest BCUT2D eigenvalue weighted by molar-refractivity contribution is 7.99. The summed E-state index contributed by atoms with van der Waals surface area (Å²) in [6, 6.07) is -0.130. The van der Waals surface area contributed by atoms with Crippen LogP contribution in [0, 0.1) is 0 Å². The lowest BCUT2D eigenvalue weighted by molar-refractivity contribution is -0.129. The molecule has 8 heteroatoms. The molecule has 0 spiro atoms. The minimum absolute atomic E-state index is 0.0117. The van der Waals surface area contributed by atoms with Crippen LogP contribution in [0.4, 0.5) is 0 Å². The Morgan fingerprint density at radius 2 is 2.42 bits per heavy atom. The zero-order valence-electron chi connectivity index (χ0n) is 10.6. The Balaban J connectivity index is 2.04. The maximum absolute atomic E-state index is 12.4. The summed E-state index contributed by atoms with van der Waals surface area (Å²) in [7, 11) is 3.43. The van der Waals surface area contributed by atoms with Crippen molar-refractivity contribution in [2.45, 2.75) is 17.6 Å². The van der Waals surface area contributed by atoms with Crippen LogP contribution >= 0.6 is 11.8 Å². The summed E-state index contributed by atoms with van der Waals surface area (Å²) in [5.74, 6) is 0.708. The quantitative estimate of drug-likeness (QED) is 0.796. The first-order valence-corrected chi connectivity index (χ1v) is 6.85. The van der Waals surface area contributed by atoms with Crippen LogP contribution in [0.2, 0.25) is 0 Å². The molecule has 100 valence electrons. The summed E-state index contributed by atoms with van der Waals surface area (Å²) in [5, 5.41) is 7.65. The Labute approximate surface area is 113 Å². The van der Waals surface area contributed by atoms with Crippen molar-refractivity contribution < 1.29 is 4.79 Å². The highest BCUT2D eigenvalue weighted by Gasteiger charge is 2.29. The Morgan fingerprint density at radius 1 is 1.63 bits per heavy atom. The van der Waals surface area contributed by atoms with Gasteiger partial charge < -0.3 is 4.90 Å². The van der Waals surface area contributed by atoms with E-state index in [1.54, 1.807) is 18.7 Å². The molecule has 0 fully saturated rings. The first kappa shape index (κ1) is 12.2. The van der Waals surface area contributed by atoms with Crippen molar-refractivity contribution in [3.8, 4) is 0 Å². The highest BCUT2D eigenvalue weighted by Crippen LogP contribution is 2.32. The molecule has 3 heterocycles. The van der Waals surface area contributed by atoms with Crippen LogP contribution in [-0.4, -0.2) is 50.4 Å². The molecule has 3 rings (SSSR count). The SMILES string of the molecule is CN(C)C(=O)CC1CSc2nc3[nH]ncc3c(=O)n21. The smallest absolute Gasteiger partial charge is 0.265 e. The molecule has 1 aliphatic heterocycles. The Bertz CT molecular complexity index is 705. The molecule has 2 aromatic rings. The van der Waals surface area contributed by atoms with E-state index in [0.717, 1.165) is 0 Å². The summed E-state index contributed by atoms with van der Waals surface area (Å²) in [4.78, 5) is 30.1. The first-order valence-electron chi connectivity index (χ1n) is 5.86. The van der Waals surface area contributed by atoms with E-state index in [0.29, 0.717) is 28.4 Å². The van der Waals surface area contributed by atoms with Gasteiger partial charge in [-0.15, -0.1) is 0 Å². The molecule has 1 aliphatic rings. The number of fused-ring (bicyclic) bond motifs is 2. The fourth-order valence-corrected chi connectivity index (χ4v) is 3.23. The van der Waals surface area contributed by atoms with E-state index in [-0.39, 0.29) is 17.5 Å². The van der Waals surface area contributed by atoms with Crippen LogP contribution in [-0.2, 0) is 4.79 Å². The molecule has 1 atom stereocenters. The Morgan fingerprint density at radius 3 is 3.16 bits per heavy atom. The number of aromatic amines is 1. The van der Waals surface area contributed by atoms with Gasteiger partial charge in [0.25, 0.3) is 5.56 Å². The number of carbonyl (C=O) groups excluding carboxylic acids is 1. The molecule has 19 heavy (non-hydrogen) atoms. The summed E-state index contributed by atoms with van der Waals surface area (Å²) in [5.41, 5.74) is 0.374. The van der Waals surface area contributed by atoms with Gasteiger partial charge in [0.1, 0.15) is 5.39 Å². The van der Waals surface area contributed by atoms with E-state index < -0.39 is 0 Å². The van der Waals surface area contributed by atoms with Crippen LogP contribution in [0.1, 0.15) is 12.5 Å². The fourth-order valence-electron chi connectivity index (χ4n) is 2.09. The molecular formula is C11H13N5O2S. The zero-order valence-corrected chi connectivity index (χ0v) is 11.4. The van der Waals surface area contributed by atoms with E-state index in [1.165, 1.54) is 22.9 Å². The molecule has 1 unspecified atom stereocenters. The predicted octanol–water partition coefficient (Wildman–Crippen LogP) is 0.245. The number of carbonyl (C=O) groups is 1. The number of nitrogens with one attached hydrogen (secondary N) is 1. The van der Waals surface area contributed by atoms with Gasteiger partial charge in [0, 0.05) is 26.3 Å². The number of amides is 1. The highest BCUT2D eigenvalue weighted by atomic mass is 32.2. The van der Waals surface area contributed by atoms with Crippen molar-refractivity contribution in [3.63, 3.8) is 0 Å². The predicted molar refractivity (Wildman–Crippen MR) is 71.2 cm³/mol. The van der Waals surface area contributed by atoms with Gasteiger partial charge in [0.2, 0.25) is 5.91 Å². The molecule has 1 amide bonds. The van der Waals surface area contributed by atoms with Crippen molar-refractivity contribution in [2.24, 2.45) is 0 Å². The third-order valence-electron chi connectivity index (χ3n) is 3.16. The Hall–Kier alpha value is -1.83. The maximum Gasteiger partial charge on any atom is 0.265 e. The number of hydrogen-bond donors (Lipinski definition) is 1. The molecule has 0 aliphatic carbocycles. The monoisotopic (exact) mass is 279 g/mol. The number of rotatable bonds is 2. The molecule has 0 bridgehead atoms. The number of hydrogen-bond acceptors (Lipinski definition) is 5. The molecule has 7 nitrogen and oxygen atoms in total. The van der Waals surface area contributed by atoms with Crippen molar-refractivity contribution in [2.75, 3.05) is 19.8 Å². The average molecular weight is 279 g/mol. The van der Waals surface area contributed by atoms with E-state index >= 15 is 0 Å². The van der Waals surface area contributed by atoms with E-state index in [9.17, 15) is 9.59 Å². The van der Waals surface area contributed by atoms with Crippen molar-refractivity contribution in [1.29, 1.82) is 0 Å². The summed E-state index contributed by atoms with van der Waals surface area (Å²) >= 11 is 1.50. The fraction of sp³-hybridized carbons (Fsp3) is 0.455. The van der Waals surface area contributed by atoms with Gasteiger partial charge in [-0.3, -0.25) is 19.3 Å². The van der Waals surface area contributed by atoms with Gasteiger partial charge in [-0.25, -0.2) is 4.98 Å². The van der Waals surface area contributed by atoms with Crippen molar-refractivity contribution in [3.05, 3.63) is 16.6 Å². The summed E-state index contributed by atoms with van der Waals surface area (Å²) in [6.07, 6.45) is 1.80. The van der Waals surface area contributed by atoms with Crippen molar-refractivity contribution >= 4 is 28.7 Å². The van der Waals surface area contributed by atoms with Gasteiger partial charge in [-0.1, -0.05) is 11.8 Å². The van der Waals surface area contributed by atoms with Gasteiger partial charge in [-0.2, -0.15) is 5.10 Å². The minimum Gasteiger partial charge on any atom is -0.349 e. The molecule has 1 N–H and O–H groups in total. The lowest BCUT2D eigenvalue weighted by atomic mass is 10.2. The molecule has 2 aromatic heterocycles. The van der Waals surface area contributed by atoms with Gasteiger partial charge in [-0.05, 0) is 0 Å². The van der Waals surface area contributed by atoms with Gasteiger partial charge >= 0.3 is 0 Å². The summed E-state index contributed by atoms with van der Waals surface area (Å²) < 4.78 is 1.62. The lowest BCUT2D eigenvalue weighted by Gasteiger charge is -2.16. The van der Waals surface area contributed by atoms with Crippen LogP contribution in [0.15, 0.2) is 16.1 Å². The normalized spacial score (nSPS) is 17.7. The number of thioether (sulfide) groups is 1. The molecule has 0 saturated heterocycles. The van der Waals surface area contributed by atoms with Crippen LogP contribution < -0.4 is 5.56 Å². The molecule has 0 saturated carbocycles. The van der Waals surface area contributed by atoms with E-state index in [2.05, 4.69) is 15.2 Å². The molecular weight excluding hydrogens is 266 g/mol. The second kappa shape index (κ2) is 4.37. The summed E-state index contributed by atoms with van der Waals surface area (Å²) in [6.45, 7) is 0. The van der Waals surface area contributed by atoms with E-state index in [4.69, 9.17) is 0 Å². The number of H-pyrrole nitrogens is 1. The second-order valence-corrected chi connectivity index (χ2v) is 5.65. The maximum atomic E-state index is 12.4. The standard InChI is InChI=1S/C11H13N5O2S/c1-15(2)8(17)3-6-5-19-11-13-9-7(4-12-14-9)10(18)16(6)11/h4,6H,3,5H2,1-2H3,(H,12,14).